The van der Waals surface area contributed by atoms with E-state index in [1.165, 1.54) is 51.4 Å². The van der Waals surface area contributed by atoms with Crippen LogP contribution in [-0.2, 0) is 19.1 Å². The molecule has 0 aromatic heterocycles. The number of rotatable bonds is 18. The van der Waals surface area contributed by atoms with Crippen molar-refractivity contribution in [2.75, 3.05) is 13.2 Å². The van der Waals surface area contributed by atoms with E-state index in [-0.39, 0.29) is 23.8 Å². The Morgan fingerprint density at radius 1 is 0.688 bits per heavy atom. The predicted octanol–water partition coefficient (Wildman–Crippen LogP) is 7.94. The highest BCUT2D eigenvalue weighted by molar-refractivity contribution is 6.01. The van der Waals surface area contributed by atoms with E-state index >= 15 is 0 Å². The zero-order valence-electron chi connectivity index (χ0n) is 21.5. The first-order valence-electron chi connectivity index (χ1n) is 13.6. The molecule has 0 heterocycles. The van der Waals surface area contributed by atoms with Crippen LogP contribution in [0.1, 0.15) is 130 Å². The quantitative estimate of drug-likeness (QED) is 0.121. The summed E-state index contributed by atoms with van der Waals surface area (Å²) in [5, 5.41) is 0. The van der Waals surface area contributed by atoms with Crippen molar-refractivity contribution in [2.45, 2.75) is 130 Å². The normalized spacial score (nSPS) is 15.2. The van der Waals surface area contributed by atoms with Crippen molar-refractivity contribution in [1.82, 2.24) is 0 Å². The Kier molecular flexibility index (Phi) is 16.3. The maximum Gasteiger partial charge on any atom is 0.334 e. The van der Waals surface area contributed by atoms with Gasteiger partial charge in [0.1, 0.15) is 0 Å². The van der Waals surface area contributed by atoms with Gasteiger partial charge in [0.05, 0.1) is 24.4 Å². The molecule has 1 saturated carbocycles. The highest BCUT2D eigenvalue weighted by atomic mass is 16.5. The molecule has 0 amide bonds. The maximum atomic E-state index is 13.1. The van der Waals surface area contributed by atoms with E-state index in [2.05, 4.69) is 13.8 Å². The van der Waals surface area contributed by atoms with Crippen molar-refractivity contribution in [3.8, 4) is 0 Å². The molecule has 186 valence electrons. The van der Waals surface area contributed by atoms with E-state index in [1.807, 2.05) is 13.8 Å². The number of ether oxygens (including phenoxy) is 2. The second-order valence-electron chi connectivity index (χ2n) is 9.77. The number of unbranched alkanes of at least 4 members (excludes halogenated alkanes) is 10. The van der Waals surface area contributed by atoms with Gasteiger partial charge >= 0.3 is 11.9 Å². The fourth-order valence-corrected chi connectivity index (χ4v) is 4.62. The van der Waals surface area contributed by atoms with Crippen molar-refractivity contribution < 1.29 is 19.1 Å². The van der Waals surface area contributed by atoms with Crippen LogP contribution in [0.5, 0.6) is 0 Å². The number of hydrogen-bond donors (Lipinski definition) is 0. The van der Waals surface area contributed by atoms with E-state index in [0.29, 0.717) is 24.4 Å². The lowest BCUT2D eigenvalue weighted by molar-refractivity contribution is -0.143. The third-order valence-electron chi connectivity index (χ3n) is 6.53. The highest BCUT2D eigenvalue weighted by Crippen LogP contribution is 2.35. The van der Waals surface area contributed by atoms with Gasteiger partial charge in [0, 0.05) is 0 Å². The van der Waals surface area contributed by atoms with Crippen LogP contribution in [0.15, 0.2) is 11.1 Å². The Morgan fingerprint density at radius 2 is 1.12 bits per heavy atom. The molecule has 1 aliphatic carbocycles. The number of carbonyl (C=O) groups is 2. The SMILES string of the molecule is CCCCCCCCOC(=O)/C(=C(\C(=O)OCCCCCCCC)C1CCCC1)C(C)C. The van der Waals surface area contributed by atoms with Gasteiger partial charge in [-0.05, 0) is 37.5 Å². The summed E-state index contributed by atoms with van der Waals surface area (Å²) >= 11 is 0. The summed E-state index contributed by atoms with van der Waals surface area (Å²) in [5.74, 6) is -0.520. The minimum Gasteiger partial charge on any atom is -0.462 e. The van der Waals surface area contributed by atoms with Gasteiger partial charge in [-0.15, -0.1) is 0 Å². The van der Waals surface area contributed by atoms with Gasteiger partial charge in [-0.25, -0.2) is 9.59 Å². The summed E-state index contributed by atoms with van der Waals surface area (Å²) in [7, 11) is 0. The van der Waals surface area contributed by atoms with E-state index < -0.39 is 0 Å². The topological polar surface area (TPSA) is 52.6 Å². The smallest absolute Gasteiger partial charge is 0.334 e. The first kappa shape index (κ1) is 28.7. The average Bonchev–Trinajstić information content (AvgIpc) is 3.29. The van der Waals surface area contributed by atoms with Crippen LogP contribution < -0.4 is 0 Å². The van der Waals surface area contributed by atoms with Crippen molar-refractivity contribution in [3.05, 3.63) is 11.1 Å². The molecule has 0 spiro atoms. The lowest BCUT2D eigenvalue weighted by Gasteiger charge is -2.21. The third-order valence-corrected chi connectivity index (χ3v) is 6.53. The molecule has 0 atom stereocenters. The number of esters is 2. The largest absolute Gasteiger partial charge is 0.462 e. The minimum atomic E-state index is -0.313. The second-order valence-corrected chi connectivity index (χ2v) is 9.77. The molecule has 0 aromatic rings. The molecule has 0 N–H and O–H groups in total. The molecule has 0 unspecified atom stereocenters. The van der Waals surface area contributed by atoms with Crippen LogP contribution >= 0.6 is 0 Å². The van der Waals surface area contributed by atoms with Crippen LogP contribution in [0.25, 0.3) is 0 Å². The van der Waals surface area contributed by atoms with E-state index in [4.69, 9.17) is 9.47 Å². The van der Waals surface area contributed by atoms with Gasteiger partial charge in [0.25, 0.3) is 0 Å². The van der Waals surface area contributed by atoms with E-state index in [1.54, 1.807) is 0 Å². The van der Waals surface area contributed by atoms with Crippen molar-refractivity contribution in [3.63, 3.8) is 0 Å². The first-order valence-corrected chi connectivity index (χ1v) is 13.6. The number of hydrogen-bond acceptors (Lipinski definition) is 4. The molecule has 32 heavy (non-hydrogen) atoms. The fourth-order valence-electron chi connectivity index (χ4n) is 4.62. The van der Waals surface area contributed by atoms with Gasteiger partial charge in [0.2, 0.25) is 0 Å². The Hall–Kier alpha value is -1.32. The number of carbonyl (C=O) groups excluding carboxylic acids is 2. The molecule has 1 fully saturated rings. The minimum absolute atomic E-state index is 0.0516. The molecule has 0 radical (unpaired) electrons. The Balaban J connectivity index is 2.69. The lowest BCUT2D eigenvalue weighted by atomic mass is 9.87. The van der Waals surface area contributed by atoms with Gasteiger partial charge < -0.3 is 9.47 Å². The molecule has 0 saturated heterocycles. The average molecular weight is 451 g/mol. The Bertz CT molecular complexity index is 544. The molecule has 0 bridgehead atoms. The predicted molar refractivity (Wildman–Crippen MR) is 132 cm³/mol. The summed E-state index contributed by atoms with van der Waals surface area (Å²) in [5.41, 5.74) is 1.16. The molecule has 1 rings (SSSR count). The van der Waals surface area contributed by atoms with Gasteiger partial charge in [-0.3, -0.25) is 0 Å². The zero-order chi connectivity index (χ0) is 23.6. The van der Waals surface area contributed by atoms with Crippen LogP contribution in [0.2, 0.25) is 0 Å². The van der Waals surface area contributed by atoms with Crippen LogP contribution in [-0.4, -0.2) is 25.2 Å². The van der Waals surface area contributed by atoms with Gasteiger partial charge in [0.15, 0.2) is 0 Å². The van der Waals surface area contributed by atoms with Gasteiger partial charge in [-0.2, -0.15) is 0 Å². The Labute approximate surface area is 197 Å². The molecular formula is C28H50O4. The maximum absolute atomic E-state index is 13.1. The fraction of sp³-hybridized carbons (Fsp3) is 0.857. The van der Waals surface area contributed by atoms with Crippen LogP contribution in [0.3, 0.4) is 0 Å². The molecule has 4 nitrogen and oxygen atoms in total. The summed E-state index contributed by atoms with van der Waals surface area (Å²) in [6.07, 6.45) is 18.0. The van der Waals surface area contributed by atoms with Crippen molar-refractivity contribution in [2.24, 2.45) is 11.8 Å². The van der Waals surface area contributed by atoms with E-state index in [9.17, 15) is 9.59 Å². The lowest BCUT2D eigenvalue weighted by Crippen LogP contribution is -2.24. The summed E-state index contributed by atoms with van der Waals surface area (Å²) in [6, 6.07) is 0. The summed E-state index contributed by atoms with van der Waals surface area (Å²) in [4.78, 5) is 26.1. The second kappa shape index (κ2) is 18.1. The highest BCUT2D eigenvalue weighted by Gasteiger charge is 2.33. The molecular weight excluding hydrogens is 400 g/mol. The molecule has 4 heteroatoms. The van der Waals surface area contributed by atoms with Crippen molar-refractivity contribution >= 4 is 11.9 Å². The standard InChI is InChI=1S/C28H50O4/c1-5-7-9-11-13-17-21-31-27(29)25(23(3)4)26(24-19-15-16-20-24)28(30)32-22-18-14-12-10-8-6-2/h23-24H,5-22H2,1-4H3/b26-25-. The molecule has 0 aromatic carbocycles. The van der Waals surface area contributed by atoms with Crippen LogP contribution in [0, 0.1) is 11.8 Å². The molecule has 1 aliphatic rings. The first-order chi connectivity index (χ1) is 15.5. The third kappa shape index (κ3) is 11.5. The van der Waals surface area contributed by atoms with E-state index in [0.717, 1.165) is 51.4 Å². The monoisotopic (exact) mass is 450 g/mol. The van der Waals surface area contributed by atoms with Gasteiger partial charge in [-0.1, -0.05) is 105 Å². The zero-order valence-corrected chi connectivity index (χ0v) is 21.5. The molecule has 0 aliphatic heterocycles. The van der Waals surface area contributed by atoms with Crippen LogP contribution in [0.4, 0.5) is 0 Å². The van der Waals surface area contributed by atoms with Crippen molar-refractivity contribution in [1.29, 1.82) is 0 Å². The Morgan fingerprint density at radius 3 is 1.59 bits per heavy atom. The summed E-state index contributed by atoms with van der Waals surface area (Å²) < 4.78 is 11.3. The summed E-state index contributed by atoms with van der Waals surface area (Å²) in [6.45, 7) is 9.27.